The van der Waals surface area contributed by atoms with E-state index in [4.69, 9.17) is 4.74 Å². The van der Waals surface area contributed by atoms with E-state index in [2.05, 4.69) is 0 Å². The molecule has 178 valence electrons. The van der Waals surface area contributed by atoms with Gasteiger partial charge in [0.1, 0.15) is 0 Å². The molecule has 2 aliphatic heterocycles. The van der Waals surface area contributed by atoms with E-state index in [0.29, 0.717) is 13.1 Å². The maximum atomic E-state index is 13.8. The summed E-state index contributed by atoms with van der Waals surface area (Å²) in [6.07, 6.45) is 3.78. The zero-order valence-corrected chi connectivity index (χ0v) is 19.7. The van der Waals surface area contributed by atoms with Gasteiger partial charge in [0, 0.05) is 38.6 Å². The molecule has 0 spiro atoms. The largest absolute Gasteiger partial charge is 0.376 e. The van der Waals surface area contributed by atoms with Crippen molar-refractivity contribution in [1.29, 1.82) is 0 Å². The molecule has 2 aromatic rings. The monoisotopic (exact) mass is 460 g/mol. The van der Waals surface area contributed by atoms with Crippen LogP contribution in [0.5, 0.6) is 0 Å². The summed E-state index contributed by atoms with van der Waals surface area (Å²) in [7, 11) is 0. The van der Waals surface area contributed by atoms with Gasteiger partial charge >= 0.3 is 0 Å². The molecule has 0 radical (unpaired) electrons. The van der Waals surface area contributed by atoms with Gasteiger partial charge < -0.3 is 9.64 Å². The van der Waals surface area contributed by atoms with Gasteiger partial charge in [-0.15, -0.1) is 0 Å². The number of carbonyl (C=O) groups excluding carboxylic acids is 3. The van der Waals surface area contributed by atoms with Gasteiger partial charge in [-0.25, -0.2) is 0 Å². The fraction of sp³-hybridized carbons (Fsp3) is 0.464. The predicted molar refractivity (Wildman–Crippen MR) is 129 cm³/mol. The smallest absolute Gasteiger partial charge is 0.241 e. The Labute approximate surface area is 200 Å². The van der Waals surface area contributed by atoms with Crippen molar-refractivity contribution in [1.82, 2.24) is 9.80 Å². The topological polar surface area (TPSA) is 66.9 Å². The van der Waals surface area contributed by atoms with E-state index >= 15 is 0 Å². The minimum atomic E-state index is -1.14. The van der Waals surface area contributed by atoms with E-state index in [1.54, 1.807) is 4.90 Å². The molecule has 3 fully saturated rings. The van der Waals surface area contributed by atoms with Crippen molar-refractivity contribution in [3.63, 3.8) is 0 Å². The summed E-state index contributed by atoms with van der Waals surface area (Å²) in [5.41, 5.74) is 1.72. The van der Waals surface area contributed by atoms with Crippen molar-refractivity contribution < 1.29 is 19.1 Å². The van der Waals surface area contributed by atoms with E-state index in [1.165, 1.54) is 4.90 Å². The van der Waals surface area contributed by atoms with Crippen LogP contribution in [0.25, 0.3) is 11.1 Å². The summed E-state index contributed by atoms with van der Waals surface area (Å²) in [5.74, 6) is -0.465. The van der Waals surface area contributed by atoms with Crippen LogP contribution < -0.4 is 0 Å². The van der Waals surface area contributed by atoms with Crippen LogP contribution in [0.1, 0.15) is 51.0 Å². The van der Waals surface area contributed by atoms with Crippen LogP contribution in [0.15, 0.2) is 54.6 Å². The second kappa shape index (κ2) is 9.34. The summed E-state index contributed by atoms with van der Waals surface area (Å²) in [6.45, 7) is 3.77. The van der Waals surface area contributed by atoms with Crippen molar-refractivity contribution in [2.24, 2.45) is 0 Å². The number of ether oxygens (including phenoxy) is 1. The molecule has 2 saturated heterocycles. The molecular formula is C28H32N2O4. The number of benzene rings is 2. The van der Waals surface area contributed by atoms with Crippen LogP contribution in [-0.2, 0) is 24.5 Å². The number of carbonyl (C=O) groups is 3. The second-order valence-corrected chi connectivity index (χ2v) is 9.75. The lowest BCUT2D eigenvalue weighted by atomic mass is 9.75. The number of hydrogen-bond donors (Lipinski definition) is 0. The normalized spacial score (nSPS) is 24.6. The minimum Gasteiger partial charge on any atom is -0.376 e. The average Bonchev–Trinajstić information content (AvgIpc) is 3.48. The molecular weight excluding hydrogens is 428 g/mol. The van der Waals surface area contributed by atoms with Crippen molar-refractivity contribution in [2.75, 3.05) is 19.7 Å². The molecule has 2 heterocycles. The second-order valence-electron chi connectivity index (χ2n) is 9.75. The van der Waals surface area contributed by atoms with Crippen molar-refractivity contribution in [3.8, 4) is 11.1 Å². The molecule has 6 nitrogen and oxygen atoms in total. The highest BCUT2D eigenvalue weighted by molar-refractivity contribution is 6.11. The maximum Gasteiger partial charge on any atom is 0.241 e. The first kappa shape index (κ1) is 22.8. The SMILES string of the molecule is CCN(C[C@H]1CCCO1)C(=O)C[C@@]1(c2ccc(-c3ccccc3)cc2)CC(=O)N(C2CC2)C1=O. The Kier molecular flexibility index (Phi) is 6.26. The van der Waals surface area contributed by atoms with E-state index < -0.39 is 5.41 Å². The fourth-order valence-corrected chi connectivity index (χ4v) is 5.35. The van der Waals surface area contributed by atoms with Gasteiger partial charge in [0.05, 0.1) is 11.5 Å². The summed E-state index contributed by atoms with van der Waals surface area (Å²) < 4.78 is 5.74. The number of amides is 3. The van der Waals surface area contributed by atoms with Crippen molar-refractivity contribution in [3.05, 3.63) is 60.2 Å². The summed E-state index contributed by atoms with van der Waals surface area (Å²) in [6, 6.07) is 17.8. The highest BCUT2D eigenvalue weighted by Gasteiger charge is 2.57. The molecule has 3 amide bonds. The Bertz CT molecular complexity index is 1060. The molecule has 2 atom stereocenters. The molecule has 2 aromatic carbocycles. The van der Waals surface area contributed by atoms with E-state index in [0.717, 1.165) is 49.0 Å². The van der Waals surface area contributed by atoms with Crippen LogP contribution in [0, 0.1) is 0 Å². The standard InChI is InChI=1S/C28H32N2O4/c1-2-29(19-24-9-6-16-34-24)25(31)17-28(18-26(32)30(27(28)33)23-14-15-23)22-12-10-21(11-13-22)20-7-4-3-5-8-20/h3-5,7-8,10-13,23-24H,2,6,9,14-19H2,1H3/t24-,28+/m1/s1. The van der Waals surface area contributed by atoms with Crippen LogP contribution in [0.4, 0.5) is 0 Å². The van der Waals surface area contributed by atoms with E-state index in [9.17, 15) is 14.4 Å². The molecule has 0 bridgehead atoms. The quantitative estimate of drug-likeness (QED) is 0.560. The highest BCUT2D eigenvalue weighted by atomic mass is 16.5. The van der Waals surface area contributed by atoms with Gasteiger partial charge in [-0.1, -0.05) is 54.6 Å². The zero-order valence-electron chi connectivity index (χ0n) is 19.7. The lowest BCUT2D eigenvalue weighted by molar-refractivity contribution is -0.143. The molecule has 0 unspecified atom stereocenters. The fourth-order valence-electron chi connectivity index (χ4n) is 5.35. The lowest BCUT2D eigenvalue weighted by Crippen LogP contribution is -2.45. The number of rotatable bonds is 8. The van der Waals surface area contributed by atoms with Gasteiger partial charge in [0.2, 0.25) is 17.7 Å². The number of likely N-dealkylation sites (tertiary alicyclic amines) is 1. The first-order chi connectivity index (χ1) is 16.5. The molecule has 0 N–H and O–H groups in total. The predicted octanol–water partition coefficient (Wildman–Crippen LogP) is 3.93. The van der Waals surface area contributed by atoms with Crippen molar-refractivity contribution >= 4 is 17.7 Å². The maximum absolute atomic E-state index is 13.8. The first-order valence-electron chi connectivity index (χ1n) is 12.4. The van der Waals surface area contributed by atoms with Crippen LogP contribution in [0.2, 0.25) is 0 Å². The number of likely N-dealkylation sites (N-methyl/N-ethyl adjacent to an activating group) is 1. The van der Waals surface area contributed by atoms with Gasteiger partial charge in [-0.3, -0.25) is 19.3 Å². The lowest BCUT2D eigenvalue weighted by Gasteiger charge is -2.31. The number of nitrogens with zero attached hydrogens (tertiary/aromatic N) is 2. The molecule has 5 rings (SSSR count). The molecule has 34 heavy (non-hydrogen) atoms. The number of hydrogen-bond acceptors (Lipinski definition) is 4. The van der Waals surface area contributed by atoms with Gasteiger partial charge in [0.15, 0.2) is 0 Å². The van der Waals surface area contributed by atoms with Crippen LogP contribution in [0.3, 0.4) is 0 Å². The molecule has 1 saturated carbocycles. The number of imide groups is 1. The van der Waals surface area contributed by atoms with Gasteiger partial charge in [0.25, 0.3) is 0 Å². The van der Waals surface area contributed by atoms with Gasteiger partial charge in [-0.2, -0.15) is 0 Å². The summed E-state index contributed by atoms with van der Waals surface area (Å²) in [5, 5.41) is 0. The summed E-state index contributed by atoms with van der Waals surface area (Å²) in [4.78, 5) is 43.5. The summed E-state index contributed by atoms with van der Waals surface area (Å²) >= 11 is 0. The first-order valence-corrected chi connectivity index (χ1v) is 12.4. The Morgan fingerprint density at radius 2 is 1.74 bits per heavy atom. The Balaban J connectivity index is 1.45. The highest BCUT2D eigenvalue weighted by Crippen LogP contribution is 2.45. The third kappa shape index (κ3) is 4.27. The Hall–Kier alpha value is -2.99. The third-order valence-corrected chi connectivity index (χ3v) is 7.44. The Morgan fingerprint density at radius 1 is 1.03 bits per heavy atom. The van der Waals surface area contributed by atoms with E-state index in [-0.39, 0.29) is 42.7 Å². The van der Waals surface area contributed by atoms with Crippen molar-refractivity contribution in [2.45, 2.75) is 63.0 Å². The Morgan fingerprint density at radius 3 is 2.35 bits per heavy atom. The molecule has 1 aliphatic carbocycles. The minimum absolute atomic E-state index is 0.00487. The van der Waals surface area contributed by atoms with E-state index in [1.807, 2.05) is 61.5 Å². The van der Waals surface area contributed by atoms with Crippen LogP contribution >= 0.6 is 0 Å². The average molecular weight is 461 g/mol. The van der Waals surface area contributed by atoms with Gasteiger partial charge in [-0.05, 0) is 49.3 Å². The third-order valence-electron chi connectivity index (χ3n) is 7.44. The molecule has 6 heteroatoms. The van der Waals surface area contributed by atoms with Crippen LogP contribution in [-0.4, -0.2) is 59.4 Å². The molecule has 0 aromatic heterocycles. The zero-order chi connectivity index (χ0) is 23.7. The molecule has 3 aliphatic rings.